The summed E-state index contributed by atoms with van der Waals surface area (Å²) < 4.78 is 0. The number of hydrogen-bond donors (Lipinski definition) is 2. The number of hydrogen-bond acceptors (Lipinski definition) is 2. The summed E-state index contributed by atoms with van der Waals surface area (Å²) >= 11 is 0. The number of amides is 1. The van der Waals surface area contributed by atoms with Gasteiger partial charge in [0, 0.05) is 24.5 Å². The Hall–Kier alpha value is -2.30. The number of rotatable bonds is 1. The lowest BCUT2D eigenvalue weighted by atomic mass is 10.0. The monoisotopic (exact) mass is 272 g/mol. The number of fused-ring (bicyclic) bond motifs is 3. The highest BCUT2D eigenvalue weighted by Crippen LogP contribution is 2.27. The van der Waals surface area contributed by atoms with Gasteiger partial charge in [-0.05, 0) is 43.0 Å². The van der Waals surface area contributed by atoms with Gasteiger partial charge in [-0.3, -0.25) is 4.79 Å². The molecule has 0 saturated carbocycles. The van der Waals surface area contributed by atoms with Gasteiger partial charge in [-0.1, -0.05) is 0 Å². The molecule has 0 atom stereocenters. The van der Waals surface area contributed by atoms with Gasteiger partial charge in [0.2, 0.25) is 0 Å². The number of nitrogens with one attached hydrogen (secondary N) is 1. The van der Waals surface area contributed by atoms with Gasteiger partial charge in [0.25, 0.3) is 5.91 Å². The van der Waals surface area contributed by atoms with E-state index in [0.717, 1.165) is 42.3 Å². The standard InChI is InChI=1S/C15H16N2O3/c1-17-7-3-2-4-10-11-8-9(15(19)20)5-6-12(11)16-13(10)14(17)18/h5-6,8,16H,2-4,7H2,1H3,(H,19,20). The topological polar surface area (TPSA) is 73.4 Å². The fraction of sp³-hybridized carbons (Fsp3) is 0.333. The Labute approximate surface area is 116 Å². The Morgan fingerprint density at radius 1 is 1.35 bits per heavy atom. The molecule has 0 fully saturated rings. The van der Waals surface area contributed by atoms with Crippen LogP contribution >= 0.6 is 0 Å². The van der Waals surface area contributed by atoms with E-state index in [0.29, 0.717) is 5.69 Å². The van der Waals surface area contributed by atoms with Crippen molar-refractivity contribution in [1.82, 2.24) is 9.88 Å². The van der Waals surface area contributed by atoms with Crippen molar-refractivity contribution in [2.75, 3.05) is 13.6 Å². The lowest BCUT2D eigenvalue weighted by molar-refractivity contribution is 0.0696. The van der Waals surface area contributed by atoms with Crippen molar-refractivity contribution in [3.05, 3.63) is 35.0 Å². The molecule has 0 unspecified atom stereocenters. The van der Waals surface area contributed by atoms with Crippen molar-refractivity contribution in [2.45, 2.75) is 19.3 Å². The molecule has 1 amide bonds. The zero-order valence-corrected chi connectivity index (χ0v) is 11.3. The molecule has 20 heavy (non-hydrogen) atoms. The molecule has 1 aliphatic rings. The highest BCUT2D eigenvalue weighted by atomic mass is 16.4. The van der Waals surface area contributed by atoms with Crippen molar-refractivity contribution in [3.63, 3.8) is 0 Å². The van der Waals surface area contributed by atoms with Crippen LogP contribution in [-0.4, -0.2) is 40.5 Å². The molecule has 104 valence electrons. The summed E-state index contributed by atoms with van der Waals surface area (Å²) in [4.78, 5) is 28.3. The van der Waals surface area contributed by atoms with Crippen LogP contribution in [0.1, 0.15) is 39.3 Å². The minimum Gasteiger partial charge on any atom is -0.478 e. The Balaban J connectivity index is 2.21. The lowest BCUT2D eigenvalue weighted by Gasteiger charge is -2.20. The molecule has 0 aliphatic carbocycles. The summed E-state index contributed by atoms with van der Waals surface area (Å²) in [5.74, 6) is -0.969. The number of nitrogens with zero attached hydrogens (tertiary/aromatic N) is 1. The maximum Gasteiger partial charge on any atom is 0.335 e. The molecular formula is C15H16N2O3. The van der Waals surface area contributed by atoms with Gasteiger partial charge in [0.15, 0.2) is 0 Å². The molecule has 5 heteroatoms. The van der Waals surface area contributed by atoms with Gasteiger partial charge < -0.3 is 15.0 Å². The van der Waals surface area contributed by atoms with Gasteiger partial charge in [0.1, 0.15) is 5.69 Å². The van der Waals surface area contributed by atoms with Crippen LogP contribution in [-0.2, 0) is 6.42 Å². The first-order chi connectivity index (χ1) is 9.58. The zero-order chi connectivity index (χ0) is 14.3. The number of H-pyrrole nitrogens is 1. The third kappa shape index (κ3) is 1.95. The second-order valence-corrected chi connectivity index (χ2v) is 5.23. The predicted octanol–water partition coefficient (Wildman–Crippen LogP) is 2.27. The van der Waals surface area contributed by atoms with E-state index in [2.05, 4.69) is 4.98 Å². The summed E-state index contributed by atoms with van der Waals surface area (Å²) in [7, 11) is 1.80. The third-order valence-corrected chi connectivity index (χ3v) is 3.88. The first-order valence-electron chi connectivity index (χ1n) is 6.71. The maximum absolute atomic E-state index is 12.4. The molecular weight excluding hydrogens is 256 g/mol. The fourth-order valence-electron chi connectivity index (χ4n) is 2.77. The molecule has 5 nitrogen and oxygen atoms in total. The normalized spacial score (nSPS) is 15.8. The van der Waals surface area contributed by atoms with E-state index in [4.69, 9.17) is 5.11 Å². The molecule has 1 aromatic heterocycles. The van der Waals surface area contributed by atoms with Crippen molar-refractivity contribution >= 4 is 22.8 Å². The number of aromatic carboxylic acids is 1. The SMILES string of the molecule is CN1CCCCc2c([nH]c3ccc(C(=O)O)cc23)C1=O. The van der Waals surface area contributed by atoms with Crippen LogP contribution in [0.25, 0.3) is 10.9 Å². The van der Waals surface area contributed by atoms with Crippen LogP contribution in [0.5, 0.6) is 0 Å². The molecule has 1 aromatic carbocycles. The van der Waals surface area contributed by atoms with Gasteiger partial charge in [-0.2, -0.15) is 0 Å². The Morgan fingerprint density at radius 2 is 2.15 bits per heavy atom. The molecule has 3 rings (SSSR count). The lowest BCUT2D eigenvalue weighted by Crippen LogP contribution is -2.30. The Morgan fingerprint density at radius 3 is 2.90 bits per heavy atom. The second-order valence-electron chi connectivity index (χ2n) is 5.23. The number of aryl methyl sites for hydroxylation is 1. The minimum atomic E-state index is -0.948. The van der Waals surface area contributed by atoms with Gasteiger partial charge in [-0.25, -0.2) is 4.79 Å². The van der Waals surface area contributed by atoms with Gasteiger partial charge >= 0.3 is 5.97 Å². The smallest absolute Gasteiger partial charge is 0.335 e. The van der Waals surface area contributed by atoms with Crippen molar-refractivity contribution in [2.24, 2.45) is 0 Å². The minimum absolute atomic E-state index is 0.0206. The van der Waals surface area contributed by atoms with Crippen molar-refractivity contribution in [3.8, 4) is 0 Å². The van der Waals surface area contributed by atoms with Gasteiger partial charge in [-0.15, -0.1) is 0 Å². The van der Waals surface area contributed by atoms with Crippen LogP contribution < -0.4 is 0 Å². The highest BCUT2D eigenvalue weighted by Gasteiger charge is 2.23. The summed E-state index contributed by atoms with van der Waals surface area (Å²) in [5, 5.41) is 9.95. The zero-order valence-electron chi connectivity index (χ0n) is 11.3. The van der Waals surface area contributed by atoms with Crippen LogP contribution in [0.3, 0.4) is 0 Å². The van der Waals surface area contributed by atoms with Crippen LogP contribution in [0.2, 0.25) is 0 Å². The van der Waals surface area contributed by atoms with E-state index in [1.165, 1.54) is 0 Å². The quantitative estimate of drug-likeness (QED) is 0.836. The third-order valence-electron chi connectivity index (χ3n) is 3.88. The highest BCUT2D eigenvalue weighted by molar-refractivity contribution is 6.03. The summed E-state index contributed by atoms with van der Waals surface area (Å²) in [6.45, 7) is 0.758. The van der Waals surface area contributed by atoms with Crippen molar-refractivity contribution in [1.29, 1.82) is 0 Å². The average molecular weight is 272 g/mol. The average Bonchev–Trinajstić information content (AvgIpc) is 2.78. The maximum atomic E-state index is 12.4. The van der Waals surface area contributed by atoms with E-state index >= 15 is 0 Å². The predicted molar refractivity (Wildman–Crippen MR) is 75.2 cm³/mol. The van der Waals surface area contributed by atoms with E-state index in [1.807, 2.05) is 0 Å². The first kappa shape index (κ1) is 12.7. The second kappa shape index (κ2) is 4.67. The van der Waals surface area contributed by atoms with Crippen LogP contribution in [0, 0.1) is 0 Å². The van der Waals surface area contributed by atoms with E-state index in [1.54, 1.807) is 30.1 Å². The number of benzene rings is 1. The number of carbonyl (C=O) groups is 2. The molecule has 2 N–H and O–H groups in total. The summed E-state index contributed by atoms with van der Waals surface area (Å²) in [5.41, 5.74) is 2.62. The molecule has 0 radical (unpaired) electrons. The Kier molecular flexibility index (Phi) is 2.97. The van der Waals surface area contributed by atoms with E-state index < -0.39 is 5.97 Å². The number of carbonyl (C=O) groups excluding carboxylic acids is 1. The van der Waals surface area contributed by atoms with Crippen LogP contribution in [0.4, 0.5) is 0 Å². The molecule has 0 saturated heterocycles. The molecule has 0 spiro atoms. The number of carboxylic acids is 1. The first-order valence-corrected chi connectivity index (χ1v) is 6.71. The molecule has 0 bridgehead atoms. The van der Waals surface area contributed by atoms with Crippen LogP contribution in [0.15, 0.2) is 18.2 Å². The van der Waals surface area contributed by atoms with Crippen molar-refractivity contribution < 1.29 is 14.7 Å². The van der Waals surface area contributed by atoms with E-state index in [9.17, 15) is 9.59 Å². The molecule has 1 aliphatic heterocycles. The summed E-state index contributed by atoms with van der Waals surface area (Å²) in [6, 6.07) is 4.95. The Bertz CT molecular complexity index is 702. The number of carboxylic acid groups (broad SMARTS) is 1. The summed E-state index contributed by atoms with van der Waals surface area (Å²) in [6.07, 6.45) is 2.76. The van der Waals surface area contributed by atoms with E-state index in [-0.39, 0.29) is 11.5 Å². The molecule has 2 heterocycles. The number of aromatic nitrogens is 1. The fourth-order valence-corrected chi connectivity index (χ4v) is 2.77. The molecule has 2 aromatic rings. The number of aromatic amines is 1. The van der Waals surface area contributed by atoms with Gasteiger partial charge in [0.05, 0.1) is 5.56 Å². The largest absolute Gasteiger partial charge is 0.478 e.